The van der Waals surface area contributed by atoms with Crippen LogP contribution in [0.2, 0.25) is 0 Å². The molecule has 1 aliphatic heterocycles. The Labute approximate surface area is 116 Å². The first-order chi connectivity index (χ1) is 9.24. The summed E-state index contributed by atoms with van der Waals surface area (Å²) in [6.45, 7) is 6.76. The number of aromatic nitrogens is 2. The lowest BCUT2D eigenvalue weighted by molar-refractivity contribution is -0.0361. The first kappa shape index (κ1) is 12.8. The van der Waals surface area contributed by atoms with Crippen molar-refractivity contribution in [2.75, 3.05) is 19.7 Å². The average molecular weight is 279 g/mol. The second kappa shape index (κ2) is 5.40. The maximum Gasteiger partial charge on any atom is 0.244 e. The maximum absolute atomic E-state index is 5.55. The van der Waals surface area contributed by atoms with Crippen molar-refractivity contribution in [1.82, 2.24) is 15.0 Å². The summed E-state index contributed by atoms with van der Waals surface area (Å²) in [5.74, 6) is 1.36. The van der Waals surface area contributed by atoms with Crippen molar-refractivity contribution in [3.63, 3.8) is 0 Å². The van der Waals surface area contributed by atoms with Gasteiger partial charge in [-0.25, -0.2) is 0 Å². The largest absolute Gasteiger partial charge is 0.376 e. The number of hydrogen-bond acceptors (Lipinski definition) is 6. The third-order valence-electron chi connectivity index (χ3n) is 3.36. The van der Waals surface area contributed by atoms with Gasteiger partial charge in [0.1, 0.15) is 0 Å². The van der Waals surface area contributed by atoms with Gasteiger partial charge in [-0.15, -0.1) is 11.3 Å². The molecule has 2 atom stereocenters. The zero-order chi connectivity index (χ0) is 13.2. The second-order valence-electron chi connectivity index (χ2n) is 4.79. The molecule has 3 heterocycles. The lowest BCUT2D eigenvalue weighted by Gasteiger charge is -2.33. The van der Waals surface area contributed by atoms with Crippen molar-refractivity contribution in [1.29, 1.82) is 0 Å². The minimum Gasteiger partial charge on any atom is -0.376 e. The van der Waals surface area contributed by atoms with Gasteiger partial charge in [-0.1, -0.05) is 11.2 Å². The van der Waals surface area contributed by atoms with Crippen LogP contribution in [0.4, 0.5) is 0 Å². The van der Waals surface area contributed by atoms with Crippen LogP contribution in [0.1, 0.15) is 25.8 Å². The number of ether oxygens (including phenoxy) is 1. The van der Waals surface area contributed by atoms with Gasteiger partial charge in [0.25, 0.3) is 0 Å². The fourth-order valence-electron chi connectivity index (χ4n) is 2.26. The van der Waals surface area contributed by atoms with E-state index in [0.29, 0.717) is 11.7 Å². The fourth-order valence-corrected chi connectivity index (χ4v) is 2.91. The SMILES string of the molecule is CC1CN(C(C)c2nc(-c3cccs3)no2)CCO1. The van der Waals surface area contributed by atoms with Crippen LogP contribution < -0.4 is 0 Å². The van der Waals surface area contributed by atoms with Gasteiger partial charge >= 0.3 is 0 Å². The van der Waals surface area contributed by atoms with Crippen molar-refractivity contribution in [3.8, 4) is 10.7 Å². The van der Waals surface area contributed by atoms with E-state index in [1.165, 1.54) is 0 Å². The molecule has 1 saturated heterocycles. The van der Waals surface area contributed by atoms with Crippen LogP contribution in [-0.4, -0.2) is 40.8 Å². The van der Waals surface area contributed by atoms with Gasteiger partial charge in [-0.3, -0.25) is 4.90 Å². The van der Waals surface area contributed by atoms with E-state index in [2.05, 4.69) is 28.9 Å². The number of hydrogen-bond donors (Lipinski definition) is 0. The predicted molar refractivity (Wildman–Crippen MR) is 73.0 cm³/mol. The van der Waals surface area contributed by atoms with Gasteiger partial charge in [0, 0.05) is 13.1 Å². The summed E-state index contributed by atoms with van der Waals surface area (Å²) in [5.41, 5.74) is 0. The molecule has 0 amide bonds. The van der Waals surface area contributed by atoms with Crippen molar-refractivity contribution in [2.24, 2.45) is 0 Å². The fraction of sp³-hybridized carbons (Fsp3) is 0.538. The molecule has 0 radical (unpaired) electrons. The van der Waals surface area contributed by atoms with E-state index in [1.807, 2.05) is 17.5 Å². The molecular formula is C13H17N3O2S. The molecule has 2 aromatic heterocycles. The molecule has 5 nitrogen and oxygen atoms in total. The Hall–Kier alpha value is -1.24. The molecule has 3 rings (SSSR count). The Morgan fingerprint density at radius 1 is 1.53 bits per heavy atom. The van der Waals surface area contributed by atoms with Crippen molar-refractivity contribution < 1.29 is 9.26 Å². The maximum atomic E-state index is 5.55. The molecule has 0 aromatic carbocycles. The van der Waals surface area contributed by atoms with E-state index in [1.54, 1.807) is 11.3 Å². The van der Waals surface area contributed by atoms with Crippen LogP contribution in [0.5, 0.6) is 0 Å². The van der Waals surface area contributed by atoms with Crippen LogP contribution in [0.15, 0.2) is 22.0 Å². The van der Waals surface area contributed by atoms with E-state index >= 15 is 0 Å². The second-order valence-corrected chi connectivity index (χ2v) is 5.73. The molecule has 0 aliphatic carbocycles. The molecule has 6 heteroatoms. The summed E-state index contributed by atoms with van der Waals surface area (Å²) in [4.78, 5) is 7.86. The van der Waals surface area contributed by atoms with Crippen molar-refractivity contribution >= 4 is 11.3 Å². The van der Waals surface area contributed by atoms with Crippen LogP contribution in [-0.2, 0) is 4.74 Å². The first-order valence-corrected chi connectivity index (χ1v) is 7.35. The third-order valence-corrected chi connectivity index (χ3v) is 4.23. The summed E-state index contributed by atoms with van der Waals surface area (Å²) < 4.78 is 11.0. The minimum absolute atomic E-state index is 0.132. The minimum atomic E-state index is 0.132. The van der Waals surface area contributed by atoms with Crippen molar-refractivity contribution in [2.45, 2.75) is 26.0 Å². The first-order valence-electron chi connectivity index (χ1n) is 6.47. The van der Waals surface area contributed by atoms with Gasteiger partial charge in [-0.2, -0.15) is 4.98 Å². The number of nitrogens with zero attached hydrogens (tertiary/aromatic N) is 3. The van der Waals surface area contributed by atoms with E-state index in [9.17, 15) is 0 Å². The smallest absolute Gasteiger partial charge is 0.244 e. The number of rotatable bonds is 3. The van der Waals surface area contributed by atoms with Gasteiger partial charge in [-0.05, 0) is 25.3 Å². The third kappa shape index (κ3) is 2.70. The van der Waals surface area contributed by atoms with Gasteiger partial charge in [0.05, 0.1) is 23.6 Å². The molecule has 0 saturated carbocycles. The summed E-state index contributed by atoms with van der Waals surface area (Å²) in [5, 5.41) is 6.07. The van der Waals surface area contributed by atoms with Crippen LogP contribution >= 0.6 is 11.3 Å². The summed E-state index contributed by atoms with van der Waals surface area (Å²) >= 11 is 1.62. The monoisotopic (exact) mass is 279 g/mol. The van der Waals surface area contributed by atoms with E-state index in [-0.39, 0.29) is 12.1 Å². The van der Waals surface area contributed by atoms with Crippen LogP contribution in [0.3, 0.4) is 0 Å². The van der Waals surface area contributed by atoms with E-state index < -0.39 is 0 Å². The summed E-state index contributed by atoms with van der Waals surface area (Å²) in [6.07, 6.45) is 0.260. The molecule has 0 spiro atoms. The highest BCUT2D eigenvalue weighted by Crippen LogP contribution is 2.26. The Morgan fingerprint density at radius 2 is 2.42 bits per heavy atom. The molecule has 2 unspecified atom stereocenters. The standard InChI is InChI=1S/C13H17N3O2S/c1-9-8-16(5-6-17-9)10(2)13-14-12(15-18-13)11-4-3-7-19-11/h3-4,7,9-10H,5-6,8H2,1-2H3. The summed E-state index contributed by atoms with van der Waals surface area (Å²) in [7, 11) is 0. The van der Waals surface area contributed by atoms with Crippen LogP contribution in [0, 0.1) is 0 Å². The van der Waals surface area contributed by atoms with Gasteiger partial charge in [0.15, 0.2) is 0 Å². The summed E-state index contributed by atoms with van der Waals surface area (Å²) in [6, 6.07) is 4.12. The highest BCUT2D eigenvalue weighted by Gasteiger charge is 2.26. The molecular weight excluding hydrogens is 262 g/mol. The van der Waals surface area contributed by atoms with Crippen molar-refractivity contribution in [3.05, 3.63) is 23.4 Å². The Bertz CT molecular complexity index is 526. The Balaban J connectivity index is 1.75. The van der Waals surface area contributed by atoms with Gasteiger partial charge < -0.3 is 9.26 Å². The zero-order valence-electron chi connectivity index (χ0n) is 11.1. The highest BCUT2D eigenvalue weighted by atomic mass is 32.1. The molecule has 0 N–H and O–H groups in total. The van der Waals surface area contributed by atoms with E-state index in [0.717, 1.165) is 24.6 Å². The zero-order valence-corrected chi connectivity index (χ0v) is 11.9. The quantitative estimate of drug-likeness (QED) is 0.864. The Kier molecular flexibility index (Phi) is 3.63. The molecule has 1 fully saturated rings. The Morgan fingerprint density at radius 3 is 3.16 bits per heavy atom. The molecule has 19 heavy (non-hydrogen) atoms. The lowest BCUT2D eigenvalue weighted by atomic mass is 10.2. The highest BCUT2D eigenvalue weighted by molar-refractivity contribution is 7.13. The van der Waals surface area contributed by atoms with Crippen LogP contribution in [0.25, 0.3) is 10.7 Å². The number of morpholine rings is 1. The topological polar surface area (TPSA) is 51.4 Å². The molecule has 2 aromatic rings. The molecule has 0 bridgehead atoms. The molecule has 102 valence electrons. The average Bonchev–Trinajstić information content (AvgIpc) is 3.08. The normalized spacial score (nSPS) is 22.5. The lowest BCUT2D eigenvalue weighted by Crippen LogP contribution is -2.42. The predicted octanol–water partition coefficient (Wildman–Crippen LogP) is 2.58. The van der Waals surface area contributed by atoms with Gasteiger partial charge in [0.2, 0.25) is 11.7 Å². The molecule has 1 aliphatic rings. The number of thiophene rings is 1. The van der Waals surface area contributed by atoms with E-state index in [4.69, 9.17) is 9.26 Å².